The summed E-state index contributed by atoms with van der Waals surface area (Å²) >= 11 is 0. The van der Waals surface area contributed by atoms with Crippen LogP contribution in [0.4, 0.5) is 4.39 Å². The molecule has 0 unspecified atom stereocenters. The SMILES string of the molecule is Cc1cc2nc(C)c(CCC(=O)NCCNC(=O)c3ccc(C)c(F)c3)c(C)n2n1. The van der Waals surface area contributed by atoms with Gasteiger partial charge >= 0.3 is 0 Å². The summed E-state index contributed by atoms with van der Waals surface area (Å²) in [6, 6.07) is 6.27. The van der Waals surface area contributed by atoms with Crippen LogP contribution in [0.3, 0.4) is 0 Å². The van der Waals surface area contributed by atoms with E-state index in [0.717, 1.165) is 28.3 Å². The Morgan fingerprint density at radius 3 is 2.53 bits per heavy atom. The van der Waals surface area contributed by atoms with E-state index in [1.165, 1.54) is 6.07 Å². The predicted molar refractivity (Wildman–Crippen MR) is 112 cm³/mol. The van der Waals surface area contributed by atoms with Gasteiger partial charge in [0.15, 0.2) is 5.65 Å². The zero-order valence-corrected chi connectivity index (χ0v) is 17.7. The Morgan fingerprint density at radius 1 is 1.07 bits per heavy atom. The van der Waals surface area contributed by atoms with Gasteiger partial charge in [-0.2, -0.15) is 5.10 Å². The number of nitrogens with one attached hydrogen (secondary N) is 2. The van der Waals surface area contributed by atoms with Crippen LogP contribution in [0.5, 0.6) is 0 Å². The number of aryl methyl sites for hydroxylation is 4. The summed E-state index contributed by atoms with van der Waals surface area (Å²) in [7, 11) is 0. The molecule has 7 nitrogen and oxygen atoms in total. The van der Waals surface area contributed by atoms with Gasteiger partial charge in [0.25, 0.3) is 5.91 Å². The number of hydrogen-bond donors (Lipinski definition) is 2. The lowest BCUT2D eigenvalue weighted by atomic mass is 10.1. The van der Waals surface area contributed by atoms with Crippen LogP contribution in [-0.2, 0) is 11.2 Å². The standard InChI is InChI=1S/C22H26FN5O2/c1-13-5-6-17(12-19(13)23)22(30)25-10-9-24-21(29)8-7-18-15(3)26-20-11-14(2)27-28(20)16(18)4/h5-6,11-12H,7-10H2,1-4H3,(H,24,29)(H,25,30). The van der Waals surface area contributed by atoms with Crippen molar-refractivity contribution in [3.05, 3.63) is 63.9 Å². The zero-order valence-electron chi connectivity index (χ0n) is 17.7. The Kier molecular flexibility index (Phi) is 6.44. The third-order valence-corrected chi connectivity index (χ3v) is 5.05. The Labute approximate surface area is 174 Å². The van der Waals surface area contributed by atoms with Gasteiger partial charge < -0.3 is 10.6 Å². The van der Waals surface area contributed by atoms with E-state index in [0.29, 0.717) is 24.9 Å². The van der Waals surface area contributed by atoms with Crippen LogP contribution >= 0.6 is 0 Å². The van der Waals surface area contributed by atoms with Gasteiger partial charge in [0.1, 0.15) is 5.82 Å². The topological polar surface area (TPSA) is 88.4 Å². The molecule has 8 heteroatoms. The molecule has 0 atom stereocenters. The van der Waals surface area contributed by atoms with E-state index in [1.54, 1.807) is 23.6 Å². The maximum Gasteiger partial charge on any atom is 0.251 e. The lowest BCUT2D eigenvalue weighted by Gasteiger charge is -2.11. The maximum absolute atomic E-state index is 13.6. The zero-order chi connectivity index (χ0) is 21.8. The first-order valence-corrected chi connectivity index (χ1v) is 9.89. The molecule has 158 valence electrons. The molecule has 0 aliphatic rings. The number of halogens is 1. The number of benzene rings is 1. The molecule has 3 aromatic rings. The van der Waals surface area contributed by atoms with Gasteiger partial charge in [0.2, 0.25) is 5.91 Å². The van der Waals surface area contributed by atoms with Crippen LogP contribution in [0.15, 0.2) is 24.3 Å². The van der Waals surface area contributed by atoms with Crippen molar-refractivity contribution in [1.82, 2.24) is 25.2 Å². The van der Waals surface area contributed by atoms with Gasteiger partial charge in [-0.15, -0.1) is 0 Å². The quantitative estimate of drug-likeness (QED) is 0.585. The summed E-state index contributed by atoms with van der Waals surface area (Å²) in [6.07, 6.45) is 0.868. The minimum Gasteiger partial charge on any atom is -0.354 e. The molecule has 2 amide bonds. The fraction of sp³-hybridized carbons (Fsp3) is 0.364. The molecule has 2 heterocycles. The van der Waals surface area contributed by atoms with E-state index in [2.05, 4.69) is 20.7 Å². The van der Waals surface area contributed by atoms with Crippen molar-refractivity contribution in [2.75, 3.05) is 13.1 Å². The number of hydrogen-bond acceptors (Lipinski definition) is 4. The summed E-state index contributed by atoms with van der Waals surface area (Å²) in [5, 5.41) is 9.91. The Hall–Kier alpha value is -3.29. The van der Waals surface area contributed by atoms with Crippen LogP contribution in [0.1, 0.15) is 45.0 Å². The highest BCUT2D eigenvalue weighted by molar-refractivity contribution is 5.94. The normalized spacial score (nSPS) is 11.0. The largest absolute Gasteiger partial charge is 0.354 e. The molecule has 0 spiro atoms. The molecule has 2 N–H and O–H groups in total. The Morgan fingerprint density at radius 2 is 1.80 bits per heavy atom. The van der Waals surface area contributed by atoms with E-state index in [9.17, 15) is 14.0 Å². The van der Waals surface area contributed by atoms with Crippen molar-refractivity contribution in [2.45, 2.75) is 40.5 Å². The molecule has 3 rings (SSSR count). The first-order chi connectivity index (χ1) is 14.3. The molecule has 0 radical (unpaired) electrons. The maximum atomic E-state index is 13.6. The Balaban J connectivity index is 1.47. The molecule has 0 bridgehead atoms. The molecule has 30 heavy (non-hydrogen) atoms. The van der Waals surface area contributed by atoms with Gasteiger partial charge in [-0.3, -0.25) is 9.59 Å². The number of carbonyl (C=O) groups is 2. The smallest absolute Gasteiger partial charge is 0.251 e. The van der Waals surface area contributed by atoms with Gasteiger partial charge in [0.05, 0.1) is 5.69 Å². The fourth-order valence-electron chi connectivity index (χ4n) is 3.34. The lowest BCUT2D eigenvalue weighted by molar-refractivity contribution is -0.121. The van der Waals surface area contributed by atoms with Crippen molar-refractivity contribution in [1.29, 1.82) is 0 Å². The van der Waals surface area contributed by atoms with Crippen molar-refractivity contribution in [2.24, 2.45) is 0 Å². The molecular weight excluding hydrogens is 385 g/mol. The van der Waals surface area contributed by atoms with E-state index in [-0.39, 0.29) is 23.9 Å². The molecule has 0 saturated heterocycles. The third kappa shape index (κ3) is 4.82. The van der Waals surface area contributed by atoms with E-state index in [4.69, 9.17) is 0 Å². The van der Waals surface area contributed by atoms with Crippen molar-refractivity contribution < 1.29 is 14.0 Å². The number of aromatic nitrogens is 3. The second-order valence-electron chi connectivity index (χ2n) is 7.39. The average molecular weight is 411 g/mol. The van der Waals surface area contributed by atoms with Crippen molar-refractivity contribution >= 4 is 17.5 Å². The fourth-order valence-corrected chi connectivity index (χ4v) is 3.34. The van der Waals surface area contributed by atoms with Gasteiger partial charge in [0, 0.05) is 42.5 Å². The van der Waals surface area contributed by atoms with Gasteiger partial charge in [-0.05, 0) is 57.4 Å². The van der Waals surface area contributed by atoms with E-state index in [1.807, 2.05) is 26.8 Å². The van der Waals surface area contributed by atoms with Crippen LogP contribution in [0, 0.1) is 33.5 Å². The molecule has 0 aliphatic heterocycles. The number of amides is 2. The Bertz CT molecular complexity index is 1110. The highest BCUT2D eigenvalue weighted by Gasteiger charge is 2.13. The summed E-state index contributed by atoms with van der Waals surface area (Å²) in [6.45, 7) is 8.03. The van der Waals surface area contributed by atoms with E-state index < -0.39 is 5.82 Å². The first kappa shape index (κ1) is 21.4. The molecule has 0 fully saturated rings. The highest BCUT2D eigenvalue weighted by Crippen LogP contribution is 2.17. The highest BCUT2D eigenvalue weighted by atomic mass is 19.1. The van der Waals surface area contributed by atoms with Crippen LogP contribution in [-0.4, -0.2) is 39.5 Å². The number of rotatable bonds is 7. The number of fused-ring (bicyclic) bond motifs is 1. The minimum absolute atomic E-state index is 0.110. The molecule has 0 saturated carbocycles. The summed E-state index contributed by atoms with van der Waals surface area (Å²) in [4.78, 5) is 28.8. The second-order valence-corrected chi connectivity index (χ2v) is 7.39. The van der Waals surface area contributed by atoms with Crippen molar-refractivity contribution in [3.8, 4) is 0 Å². The number of nitrogens with zero attached hydrogens (tertiary/aromatic N) is 3. The van der Waals surface area contributed by atoms with Crippen LogP contribution in [0.2, 0.25) is 0 Å². The summed E-state index contributed by atoms with van der Waals surface area (Å²) < 4.78 is 15.4. The van der Waals surface area contributed by atoms with Crippen LogP contribution < -0.4 is 10.6 Å². The molecular formula is C22H26FN5O2. The minimum atomic E-state index is -0.417. The molecule has 0 aliphatic carbocycles. The van der Waals surface area contributed by atoms with Crippen molar-refractivity contribution in [3.63, 3.8) is 0 Å². The third-order valence-electron chi connectivity index (χ3n) is 5.05. The second kappa shape index (κ2) is 9.02. The average Bonchev–Trinajstić information content (AvgIpc) is 3.07. The lowest BCUT2D eigenvalue weighted by Crippen LogP contribution is -2.34. The van der Waals surface area contributed by atoms with Crippen LogP contribution in [0.25, 0.3) is 5.65 Å². The predicted octanol–water partition coefficient (Wildman–Crippen LogP) is 2.58. The molecule has 2 aromatic heterocycles. The monoisotopic (exact) mass is 411 g/mol. The first-order valence-electron chi connectivity index (χ1n) is 9.89. The number of carbonyl (C=O) groups excluding carboxylic acids is 2. The summed E-state index contributed by atoms with van der Waals surface area (Å²) in [5.74, 6) is -0.899. The van der Waals surface area contributed by atoms with Gasteiger partial charge in [-0.25, -0.2) is 13.9 Å². The molecule has 1 aromatic carbocycles. The van der Waals surface area contributed by atoms with E-state index >= 15 is 0 Å². The summed E-state index contributed by atoms with van der Waals surface area (Å²) in [5.41, 5.74) is 5.33. The van der Waals surface area contributed by atoms with Gasteiger partial charge in [-0.1, -0.05) is 6.07 Å².